The Balaban J connectivity index is 1.53. The van der Waals surface area contributed by atoms with Crippen molar-refractivity contribution in [1.29, 1.82) is 0 Å². The lowest BCUT2D eigenvalue weighted by atomic mass is 10.2. The quantitative estimate of drug-likeness (QED) is 0.366. The summed E-state index contributed by atoms with van der Waals surface area (Å²) in [5.74, 6) is 0.531. The molecule has 0 spiro atoms. The predicted molar refractivity (Wildman–Crippen MR) is 107 cm³/mol. The topological polar surface area (TPSA) is 112 Å². The molecule has 142 valence electrons. The Bertz CT molecular complexity index is 1070. The number of H-pyrrole nitrogens is 1. The van der Waals surface area contributed by atoms with E-state index >= 15 is 0 Å². The van der Waals surface area contributed by atoms with E-state index in [9.17, 15) is 4.79 Å². The molecule has 3 aromatic heterocycles. The van der Waals surface area contributed by atoms with Crippen molar-refractivity contribution in [3.63, 3.8) is 0 Å². The molecule has 3 heterocycles. The van der Waals surface area contributed by atoms with Crippen molar-refractivity contribution >= 4 is 23.1 Å². The number of likely N-dealkylation sites (N-methyl/N-ethyl adjacent to an activating group) is 1. The number of nitrogens with zero attached hydrogens (tertiary/aromatic N) is 4. The van der Waals surface area contributed by atoms with Crippen LogP contribution in [-0.4, -0.2) is 50.6 Å². The van der Waals surface area contributed by atoms with Gasteiger partial charge in [0.2, 0.25) is 0 Å². The summed E-state index contributed by atoms with van der Waals surface area (Å²) in [5, 5.41) is 15.9. The van der Waals surface area contributed by atoms with E-state index in [0.29, 0.717) is 23.6 Å². The minimum atomic E-state index is -0.0972. The van der Waals surface area contributed by atoms with E-state index in [1.807, 2.05) is 36.0 Å². The van der Waals surface area contributed by atoms with Crippen LogP contribution in [0.15, 0.2) is 55.2 Å². The minimum Gasteiger partial charge on any atom is -0.351 e. The number of rotatable bonds is 7. The van der Waals surface area contributed by atoms with Crippen molar-refractivity contribution in [3.8, 4) is 11.3 Å². The number of amides is 1. The van der Waals surface area contributed by atoms with Gasteiger partial charge in [-0.05, 0) is 31.3 Å². The lowest BCUT2D eigenvalue weighted by Gasteiger charge is -2.10. The molecule has 0 bridgehead atoms. The number of imidazole rings is 1. The number of carbonyl (C=O) groups excluding carboxylic acids is 1. The highest BCUT2D eigenvalue weighted by Crippen LogP contribution is 2.24. The number of nitrogens with one attached hydrogen (secondary N) is 4. The Morgan fingerprint density at radius 1 is 1.14 bits per heavy atom. The molecule has 0 saturated carbocycles. The molecule has 0 radical (unpaired) electrons. The van der Waals surface area contributed by atoms with Gasteiger partial charge in [-0.3, -0.25) is 14.3 Å². The molecule has 0 aliphatic rings. The van der Waals surface area contributed by atoms with Gasteiger partial charge in [0.1, 0.15) is 0 Å². The van der Waals surface area contributed by atoms with Crippen molar-refractivity contribution in [3.05, 3.63) is 60.8 Å². The first-order valence-electron chi connectivity index (χ1n) is 8.87. The molecule has 0 fully saturated rings. The smallest absolute Gasteiger partial charge is 0.251 e. The van der Waals surface area contributed by atoms with Crippen LogP contribution in [0.3, 0.4) is 0 Å². The molecule has 0 unspecified atom stereocenters. The Morgan fingerprint density at radius 3 is 2.75 bits per heavy atom. The van der Waals surface area contributed by atoms with Gasteiger partial charge in [-0.2, -0.15) is 5.10 Å². The number of anilines is 2. The highest BCUT2D eigenvalue weighted by atomic mass is 16.1. The molecule has 4 N–H and O–H groups in total. The molecule has 9 nitrogen and oxygen atoms in total. The monoisotopic (exact) mass is 376 g/mol. The second-order valence-corrected chi connectivity index (χ2v) is 6.16. The average molecular weight is 376 g/mol. The molecule has 28 heavy (non-hydrogen) atoms. The van der Waals surface area contributed by atoms with Gasteiger partial charge in [-0.25, -0.2) is 9.97 Å². The molecule has 0 atom stereocenters. The summed E-state index contributed by atoms with van der Waals surface area (Å²) in [6.45, 7) is 1.31. The molecule has 4 aromatic rings. The van der Waals surface area contributed by atoms with Crippen LogP contribution in [0.4, 0.5) is 11.5 Å². The summed E-state index contributed by atoms with van der Waals surface area (Å²) in [4.78, 5) is 21.0. The zero-order valence-corrected chi connectivity index (χ0v) is 15.3. The number of hydrogen-bond acceptors (Lipinski definition) is 6. The van der Waals surface area contributed by atoms with Gasteiger partial charge in [0.05, 0.1) is 18.1 Å². The Labute approximate surface area is 161 Å². The Morgan fingerprint density at radius 2 is 2.00 bits per heavy atom. The number of fused-ring (bicyclic) bond motifs is 1. The van der Waals surface area contributed by atoms with Gasteiger partial charge in [-0.15, -0.1) is 0 Å². The first kappa shape index (κ1) is 17.7. The zero-order chi connectivity index (χ0) is 19.3. The zero-order valence-electron chi connectivity index (χ0n) is 15.3. The minimum absolute atomic E-state index is 0.0972. The molecule has 0 aliphatic carbocycles. The summed E-state index contributed by atoms with van der Waals surface area (Å²) >= 11 is 0. The molecule has 0 aliphatic heterocycles. The van der Waals surface area contributed by atoms with Crippen molar-refractivity contribution in [2.24, 2.45) is 0 Å². The molecule has 4 rings (SSSR count). The molecule has 9 heteroatoms. The highest BCUT2D eigenvalue weighted by Gasteiger charge is 2.11. The van der Waals surface area contributed by atoms with Gasteiger partial charge in [0.25, 0.3) is 5.91 Å². The van der Waals surface area contributed by atoms with Crippen molar-refractivity contribution in [1.82, 2.24) is 35.2 Å². The van der Waals surface area contributed by atoms with Gasteiger partial charge >= 0.3 is 0 Å². The van der Waals surface area contributed by atoms with Crippen LogP contribution < -0.4 is 16.0 Å². The Kier molecular flexibility index (Phi) is 4.98. The van der Waals surface area contributed by atoms with Gasteiger partial charge in [-0.1, -0.05) is 0 Å². The van der Waals surface area contributed by atoms with E-state index < -0.39 is 0 Å². The third kappa shape index (κ3) is 3.55. The summed E-state index contributed by atoms with van der Waals surface area (Å²) in [6.07, 6.45) is 8.92. The van der Waals surface area contributed by atoms with Crippen molar-refractivity contribution in [2.45, 2.75) is 0 Å². The fourth-order valence-electron chi connectivity index (χ4n) is 2.86. The normalized spacial score (nSPS) is 10.9. The van der Waals surface area contributed by atoms with Gasteiger partial charge < -0.3 is 16.0 Å². The van der Waals surface area contributed by atoms with Crippen LogP contribution >= 0.6 is 0 Å². The van der Waals surface area contributed by atoms with E-state index in [0.717, 1.165) is 23.5 Å². The predicted octanol–water partition coefficient (Wildman–Crippen LogP) is 1.81. The van der Waals surface area contributed by atoms with Crippen LogP contribution in [-0.2, 0) is 0 Å². The van der Waals surface area contributed by atoms with Gasteiger partial charge in [0.15, 0.2) is 11.5 Å². The maximum atomic E-state index is 12.1. The van der Waals surface area contributed by atoms with Crippen LogP contribution in [0.2, 0.25) is 0 Å². The number of benzene rings is 1. The maximum Gasteiger partial charge on any atom is 0.251 e. The number of carbonyl (C=O) groups is 1. The highest BCUT2D eigenvalue weighted by molar-refractivity contribution is 5.94. The fraction of sp³-hybridized carbons (Fsp3) is 0.158. The van der Waals surface area contributed by atoms with Crippen molar-refractivity contribution < 1.29 is 4.79 Å². The van der Waals surface area contributed by atoms with E-state index in [1.54, 1.807) is 30.7 Å². The summed E-state index contributed by atoms with van der Waals surface area (Å²) in [6, 6.07) is 7.25. The summed E-state index contributed by atoms with van der Waals surface area (Å²) in [7, 11) is 1.85. The van der Waals surface area contributed by atoms with Gasteiger partial charge in [0, 0.05) is 48.5 Å². The third-order valence-corrected chi connectivity index (χ3v) is 4.29. The third-order valence-electron chi connectivity index (χ3n) is 4.29. The lowest BCUT2D eigenvalue weighted by molar-refractivity contribution is 0.0954. The molecular formula is C19H20N8O. The largest absolute Gasteiger partial charge is 0.351 e. The van der Waals surface area contributed by atoms with Crippen LogP contribution in [0, 0.1) is 0 Å². The summed E-state index contributed by atoms with van der Waals surface area (Å²) in [5.41, 5.74) is 3.94. The first-order valence-corrected chi connectivity index (χ1v) is 8.87. The first-order chi connectivity index (χ1) is 13.8. The maximum absolute atomic E-state index is 12.1. The van der Waals surface area contributed by atoms with Crippen molar-refractivity contribution in [2.75, 3.05) is 25.5 Å². The van der Waals surface area contributed by atoms with Crippen LogP contribution in [0.25, 0.3) is 16.9 Å². The molecule has 0 saturated heterocycles. The molecule has 1 aromatic carbocycles. The Hall–Kier alpha value is -3.72. The standard InChI is InChI=1S/C19H20N8O/c1-20-6-7-22-19(28)13-2-4-15(5-3-13)26-17-18-21-8-9-27(18)16(12-23-17)14-10-24-25-11-14/h2-5,8-12,20H,6-7H2,1H3,(H,22,28)(H,23,26)(H,24,25). The number of aromatic nitrogens is 5. The fourth-order valence-corrected chi connectivity index (χ4v) is 2.86. The number of aromatic amines is 1. The van der Waals surface area contributed by atoms with E-state index in [1.165, 1.54) is 0 Å². The SMILES string of the molecule is CNCCNC(=O)c1ccc(Nc2ncc(-c3cn[nH]c3)n3ccnc23)cc1. The van der Waals surface area contributed by atoms with E-state index in [4.69, 9.17) is 0 Å². The number of hydrogen-bond donors (Lipinski definition) is 4. The van der Waals surface area contributed by atoms with Crippen LogP contribution in [0.5, 0.6) is 0 Å². The van der Waals surface area contributed by atoms with E-state index in [-0.39, 0.29) is 5.91 Å². The van der Waals surface area contributed by atoms with Crippen LogP contribution in [0.1, 0.15) is 10.4 Å². The second kappa shape index (κ2) is 7.89. The summed E-state index contributed by atoms with van der Waals surface area (Å²) < 4.78 is 1.95. The molecule has 1 amide bonds. The molecular weight excluding hydrogens is 356 g/mol. The average Bonchev–Trinajstić information content (AvgIpc) is 3.41. The second-order valence-electron chi connectivity index (χ2n) is 6.16. The van der Waals surface area contributed by atoms with E-state index in [2.05, 4.69) is 36.1 Å². The lowest BCUT2D eigenvalue weighted by Crippen LogP contribution is -2.30.